The molecule has 0 atom stereocenters. The smallest absolute Gasteiger partial charge is 0.264 e. The van der Waals surface area contributed by atoms with Crippen molar-refractivity contribution in [3.8, 4) is 10.7 Å². The van der Waals surface area contributed by atoms with E-state index in [0.29, 0.717) is 21.3 Å². The number of thiazole rings is 1. The summed E-state index contributed by atoms with van der Waals surface area (Å²) < 4.78 is 0. The number of carbonyl (C=O) groups excluding carboxylic acids is 1. The Morgan fingerprint density at radius 3 is 2.80 bits per heavy atom. The summed E-state index contributed by atoms with van der Waals surface area (Å²) in [5, 5.41) is 0.171. The van der Waals surface area contributed by atoms with Crippen LogP contribution in [0.4, 0.5) is 0 Å². The van der Waals surface area contributed by atoms with Gasteiger partial charge in [-0.1, -0.05) is 0 Å². The lowest BCUT2D eigenvalue weighted by Crippen LogP contribution is -1.86. The molecule has 0 bridgehead atoms. The predicted octanol–water partition coefficient (Wildman–Crippen LogP) is 2.29. The summed E-state index contributed by atoms with van der Waals surface area (Å²) >= 11 is 6.63. The minimum absolute atomic E-state index is 0.456. The van der Waals surface area contributed by atoms with Gasteiger partial charge in [-0.3, -0.25) is 14.8 Å². The molecule has 0 aliphatic carbocycles. The summed E-state index contributed by atoms with van der Waals surface area (Å²) in [7, 11) is 0. The maximum atomic E-state index is 11.0. The van der Waals surface area contributed by atoms with E-state index in [1.54, 1.807) is 25.5 Å². The number of halogens is 1. The number of aryl methyl sites for hydroxylation is 1. The lowest BCUT2D eigenvalue weighted by molar-refractivity contribution is 0.108. The van der Waals surface area contributed by atoms with Crippen molar-refractivity contribution in [3.63, 3.8) is 0 Å². The third-order valence-corrected chi connectivity index (χ3v) is 3.24. The molecule has 0 aliphatic rings. The van der Waals surface area contributed by atoms with Gasteiger partial charge in [0.25, 0.3) is 5.24 Å². The van der Waals surface area contributed by atoms with Gasteiger partial charge in [-0.25, -0.2) is 4.98 Å². The van der Waals surface area contributed by atoms with Crippen molar-refractivity contribution < 1.29 is 4.79 Å². The van der Waals surface area contributed by atoms with Crippen LogP contribution in [0.5, 0.6) is 0 Å². The highest BCUT2D eigenvalue weighted by Gasteiger charge is 2.14. The highest BCUT2D eigenvalue weighted by atomic mass is 35.5. The molecule has 0 amide bonds. The fourth-order valence-electron chi connectivity index (χ4n) is 1.10. The summed E-state index contributed by atoms with van der Waals surface area (Å²) in [4.78, 5) is 23.7. The first-order chi connectivity index (χ1) is 7.18. The van der Waals surface area contributed by atoms with Crippen LogP contribution in [-0.2, 0) is 0 Å². The highest BCUT2D eigenvalue weighted by Crippen LogP contribution is 2.26. The lowest BCUT2D eigenvalue weighted by atomic mass is 10.4. The van der Waals surface area contributed by atoms with E-state index in [9.17, 15) is 4.79 Å². The monoisotopic (exact) mass is 239 g/mol. The summed E-state index contributed by atoms with van der Waals surface area (Å²) in [6.45, 7) is 1.74. The average molecular weight is 240 g/mol. The third kappa shape index (κ3) is 2.03. The maximum Gasteiger partial charge on any atom is 0.264 e. The zero-order chi connectivity index (χ0) is 10.8. The number of aromatic nitrogens is 3. The quantitative estimate of drug-likeness (QED) is 0.755. The summed E-state index contributed by atoms with van der Waals surface area (Å²) in [5.41, 5.74) is 1.27. The van der Waals surface area contributed by atoms with Crippen molar-refractivity contribution >= 4 is 28.2 Å². The molecule has 6 heteroatoms. The molecule has 2 heterocycles. The van der Waals surface area contributed by atoms with E-state index in [0.717, 1.165) is 0 Å². The molecule has 0 spiro atoms. The second-order valence-electron chi connectivity index (χ2n) is 2.80. The molecular formula is C9H6ClN3OS. The minimum atomic E-state index is -0.486. The first-order valence-electron chi connectivity index (χ1n) is 4.12. The molecular weight excluding hydrogens is 234 g/mol. The molecule has 0 saturated carbocycles. The van der Waals surface area contributed by atoms with Crippen LogP contribution in [0.3, 0.4) is 0 Å². The van der Waals surface area contributed by atoms with Gasteiger partial charge in [0.05, 0.1) is 11.9 Å². The first-order valence-corrected chi connectivity index (χ1v) is 5.31. The molecule has 0 unspecified atom stereocenters. The van der Waals surface area contributed by atoms with E-state index in [1.165, 1.54) is 11.3 Å². The van der Waals surface area contributed by atoms with Crippen LogP contribution in [0.1, 0.15) is 15.4 Å². The Balaban J connectivity index is 2.48. The number of hydrogen-bond donors (Lipinski definition) is 0. The van der Waals surface area contributed by atoms with Gasteiger partial charge in [0, 0.05) is 12.4 Å². The molecule has 2 aromatic rings. The Morgan fingerprint density at radius 1 is 1.47 bits per heavy atom. The van der Waals surface area contributed by atoms with Crippen LogP contribution < -0.4 is 0 Å². The van der Waals surface area contributed by atoms with Gasteiger partial charge in [-0.2, -0.15) is 0 Å². The van der Waals surface area contributed by atoms with E-state index >= 15 is 0 Å². The van der Waals surface area contributed by atoms with E-state index in [-0.39, 0.29) is 0 Å². The largest absolute Gasteiger partial charge is 0.275 e. The molecule has 0 saturated heterocycles. The minimum Gasteiger partial charge on any atom is -0.275 e. The normalized spacial score (nSPS) is 10.3. The third-order valence-electron chi connectivity index (χ3n) is 1.76. The van der Waals surface area contributed by atoms with Crippen LogP contribution in [0.2, 0.25) is 0 Å². The molecule has 0 fully saturated rings. The van der Waals surface area contributed by atoms with Crippen LogP contribution in [0.25, 0.3) is 10.7 Å². The molecule has 2 aromatic heterocycles. The maximum absolute atomic E-state index is 11.0. The summed E-state index contributed by atoms with van der Waals surface area (Å²) in [6.07, 6.45) is 4.76. The average Bonchev–Trinajstić information content (AvgIpc) is 2.62. The van der Waals surface area contributed by atoms with E-state index in [4.69, 9.17) is 11.6 Å². The lowest BCUT2D eigenvalue weighted by Gasteiger charge is -1.90. The number of carbonyl (C=O) groups is 1. The number of hydrogen-bond acceptors (Lipinski definition) is 5. The zero-order valence-corrected chi connectivity index (χ0v) is 9.34. The van der Waals surface area contributed by atoms with Crippen molar-refractivity contribution in [2.75, 3.05) is 0 Å². The molecule has 0 radical (unpaired) electrons. The molecule has 76 valence electrons. The molecule has 4 nitrogen and oxygen atoms in total. The topological polar surface area (TPSA) is 55.7 Å². The van der Waals surface area contributed by atoms with Crippen molar-refractivity contribution in [2.24, 2.45) is 0 Å². The van der Waals surface area contributed by atoms with Gasteiger partial charge in [-0.05, 0) is 18.5 Å². The summed E-state index contributed by atoms with van der Waals surface area (Å²) in [6, 6.07) is 0. The van der Waals surface area contributed by atoms with E-state index < -0.39 is 5.24 Å². The Bertz CT molecular complexity index is 497. The highest BCUT2D eigenvalue weighted by molar-refractivity contribution is 7.18. The van der Waals surface area contributed by atoms with Crippen LogP contribution >= 0.6 is 22.9 Å². The van der Waals surface area contributed by atoms with E-state index in [1.807, 2.05) is 0 Å². The molecule has 0 N–H and O–H groups in total. The van der Waals surface area contributed by atoms with Gasteiger partial charge < -0.3 is 0 Å². The van der Waals surface area contributed by atoms with Gasteiger partial charge in [0.2, 0.25) is 0 Å². The second-order valence-corrected chi connectivity index (χ2v) is 4.14. The van der Waals surface area contributed by atoms with Crippen LogP contribution in [0.15, 0.2) is 18.6 Å². The first kappa shape index (κ1) is 10.2. The number of rotatable bonds is 2. The van der Waals surface area contributed by atoms with Gasteiger partial charge in [0.1, 0.15) is 15.6 Å². The van der Waals surface area contributed by atoms with E-state index in [2.05, 4.69) is 15.0 Å². The molecule has 0 aliphatic heterocycles. The fourth-order valence-corrected chi connectivity index (χ4v) is 2.21. The fraction of sp³-hybridized carbons (Fsp3) is 0.111. The van der Waals surface area contributed by atoms with Gasteiger partial charge in [-0.15, -0.1) is 11.3 Å². The van der Waals surface area contributed by atoms with Crippen molar-refractivity contribution in [3.05, 3.63) is 29.2 Å². The molecule has 15 heavy (non-hydrogen) atoms. The number of nitrogens with zero attached hydrogens (tertiary/aromatic N) is 3. The van der Waals surface area contributed by atoms with Crippen molar-refractivity contribution in [1.29, 1.82) is 0 Å². The van der Waals surface area contributed by atoms with Crippen molar-refractivity contribution in [2.45, 2.75) is 6.92 Å². The molecule has 0 aromatic carbocycles. The van der Waals surface area contributed by atoms with Crippen molar-refractivity contribution in [1.82, 2.24) is 15.0 Å². The SMILES string of the molecule is Cc1nc(-c2cnccn2)sc1C(=O)Cl. The second kappa shape index (κ2) is 4.04. The van der Waals surface area contributed by atoms with Gasteiger partial charge >= 0.3 is 0 Å². The summed E-state index contributed by atoms with van der Waals surface area (Å²) in [5.74, 6) is 0. The zero-order valence-electron chi connectivity index (χ0n) is 7.77. The Kier molecular flexibility index (Phi) is 2.75. The Morgan fingerprint density at radius 2 is 2.27 bits per heavy atom. The van der Waals surface area contributed by atoms with Gasteiger partial charge in [0.15, 0.2) is 0 Å². The standard InChI is InChI=1S/C9H6ClN3OS/c1-5-7(8(10)14)15-9(13-5)6-4-11-2-3-12-6/h2-4H,1H3. The van der Waals surface area contributed by atoms with Crippen LogP contribution in [-0.4, -0.2) is 20.2 Å². The Labute approximate surface area is 95.0 Å². The Hall–Kier alpha value is -1.33. The predicted molar refractivity (Wildman–Crippen MR) is 58.1 cm³/mol. The van der Waals surface area contributed by atoms with Crippen LogP contribution in [0, 0.1) is 6.92 Å². The molecule has 2 rings (SSSR count).